The second-order valence-corrected chi connectivity index (χ2v) is 15.7. The molecule has 0 spiro atoms. The van der Waals surface area contributed by atoms with Crippen molar-refractivity contribution in [2.45, 2.75) is 41.0 Å². The number of aliphatic hydroxyl groups is 1. The summed E-state index contributed by atoms with van der Waals surface area (Å²) in [5.74, 6) is 0. The van der Waals surface area contributed by atoms with E-state index in [4.69, 9.17) is 4.74 Å². The van der Waals surface area contributed by atoms with Gasteiger partial charge in [-0.1, -0.05) is 43.3 Å². The molecule has 0 aromatic heterocycles. The van der Waals surface area contributed by atoms with Crippen LogP contribution in [-0.2, 0) is 35.9 Å². The Balaban J connectivity index is 1.79. The molecule has 15 heteroatoms. The maximum atomic E-state index is 13.7. The minimum atomic E-state index is -4.94. The molecular formula is C26H34F3N3O6S3. The molecule has 2 aromatic carbocycles. The number of nitrogens with one attached hydrogen (secondary N) is 1. The fourth-order valence-corrected chi connectivity index (χ4v) is 8.19. The minimum absolute atomic E-state index is 0.0187. The molecule has 0 amide bonds. The van der Waals surface area contributed by atoms with Crippen molar-refractivity contribution in [1.29, 1.82) is 0 Å². The predicted molar refractivity (Wildman–Crippen MR) is 150 cm³/mol. The molecule has 0 aliphatic carbocycles. The lowest BCUT2D eigenvalue weighted by atomic mass is 9.84. The van der Waals surface area contributed by atoms with Gasteiger partial charge in [-0.2, -0.15) is 21.8 Å². The van der Waals surface area contributed by atoms with Gasteiger partial charge in [0.2, 0.25) is 20.0 Å². The van der Waals surface area contributed by atoms with Crippen molar-refractivity contribution in [2.24, 2.45) is 5.41 Å². The molecule has 228 valence electrons. The molecule has 2 aliphatic rings. The lowest BCUT2D eigenvalue weighted by molar-refractivity contribution is -0.258. The van der Waals surface area contributed by atoms with Crippen molar-refractivity contribution in [1.82, 2.24) is 13.9 Å². The average molecular weight is 638 g/mol. The Bertz CT molecular complexity index is 1480. The van der Waals surface area contributed by atoms with E-state index in [0.717, 1.165) is 18.4 Å². The van der Waals surface area contributed by atoms with Gasteiger partial charge >= 0.3 is 6.18 Å². The molecule has 4 rings (SSSR count). The van der Waals surface area contributed by atoms with E-state index < -0.39 is 48.3 Å². The van der Waals surface area contributed by atoms with Gasteiger partial charge in [-0.15, -0.1) is 12.6 Å². The van der Waals surface area contributed by atoms with Crippen LogP contribution in [0.4, 0.5) is 13.2 Å². The van der Waals surface area contributed by atoms with Gasteiger partial charge in [0.1, 0.15) is 0 Å². The number of rotatable bonds is 9. The second-order valence-electron chi connectivity index (χ2n) is 11.3. The summed E-state index contributed by atoms with van der Waals surface area (Å²) in [5, 5.41) is 13.4. The van der Waals surface area contributed by atoms with Gasteiger partial charge in [0.05, 0.1) is 29.9 Å². The number of ether oxygens (including phenoxy) is 1. The first-order valence-electron chi connectivity index (χ1n) is 12.8. The number of nitrogens with zero attached hydrogens (tertiary/aromatic N) is 2. The zero-order chi connectivity index (χ0) is 30.5. The first kappa shape index (κ1) is 32.2. The standard InChI is InChI=1S/C26H34F3N3O6S3/c1-23(17-38-18-23)14-32(40(3,34)35)16-25(20-10-8-19(9-11-20)24(2,33)26(27,28)29)15-31(13-12-30-25)41(36,37)22-7-5-4-6-21(22)39/h4-11,30,33,39H,12-18H2,1-3H3/t24?,25-/m1/s1. The zero-order valence-electron chi connectivity index (χ0n) is 22.8. The zero-order valence-corrected chi connectivity index (χ0v) is 25.4. The van der Waals surface area contributed by atoms with E-state index >= 15 is 0 Å². The van der Waals surface area contributed by atoms with Gasteiger partial charge < -0.3 is 15.2 Å². The first-order chi connectivity index (χ1) is 18.8. The number of piperazine rings is 1. The molecule has 2 aliphatic heterocycles. The molecule has 0 radical (unpaired) electrons. The van der Waals surface area contributed by atoms with E-state index in [9.17, 15) is 35.1 Å². The van der Waals surface area contributed by atoms with Crippen molar-refractivity contribution in [2.75, 3.05) is 52.2 Å². The highest BCUT2D eigenvalue weighted by molar-refractivity contribution is 7.90. The van der Waals surface area contributed by atoms with E-state index in [1.54, 1.807) is 18.2 Å². The minimum Gasteiger partial charge on any atom is -0.380 e. The number of benzene rings is 2. The average Bonchev–Trinajstić information content (AvgIpc) is 2.86. The Morgan fingerprint density at radius 3 is 2.20 bits per heavy atom. The Morgan fingerprint density at radius 2 is 1.68 bits per heavy atom. The Kier molecular flexibility index (Phi) is 8.71. The Hall–Kier alpha value is -1.72. The normalized spacial score (nSPS) is 23.6. The molecule has 2 saturated heterocycles. The molecule has 2 heterocycles. The number of halogens is 3. The van der Waals surface area contributed by atoms with Crippen molar-refractivity contribution < 1.29 is 39.9 Å². The summed E-state index contributed by atoms with van der Waals surface area (Å²) in [6.45, 7) is 3.10. The largest absolute Gasteiger partial charge is 0.421 e. The van der Waals surface area contributed by atoms with Gasteiger partial charge in [-0.25, -0.2) is 16.8 Å². The highest BCUT2D eigenvalue weighted by atomic mass is 32.2. The van der Waals surface area contributed by atoms with Crippen LogP contribution in [0.2, 0.25) is 0 Å². The molecule has 2 atom stereocenters. The number of hydrogen-bond acceptors (Lipinski definition) is 8. The monoisotopic (exact) mass is 637 g/mol. The molecule has 0 saturated carbocycles. The summed E-state index contributed by atoms with van der Waals surface area (Å²) >= 11 is 4.31. The van der Waals surface area contributed by atoms with Crippen molar-refractivity contribution in [3.63, 3.8) is 0 Å². The van der Waals surface area contributed by atoms with Crippen LogP contribution in [0.1, 0.15) is 25.0 Å². The van der Waals surface area contributed by atoms with Crippen LogP contribution in [0, 0.1) is 5.41 Å². The molecule has 2 fully saturated rings. The lowest BCUT2D eigenvalue weighted by Crippen LogP contribution is -2.65. The van der Waals surface area contributed by atoms with Gasteiger partial charge in [0.15, 0.2) is 5.60 Å². The second kappa shape index (κ2) is 11.1. The molecule has 0 bridgehead atoms. The van der Waals surface area contributed by atoms with Crippen molar-refractivity contribution in [3.8, 4) is 0 Å². The molecule has 9 nitrogen and oxygen atoms in total. The topological polar surface area (TPSA) is 116 Å². The van der Waals surface area contributed by atoms with Gasteiger partial charge in [0.25, 0.3) is 0 Å². The van der Waals surface area contributed by atoms with Crippen LogP contribution in [0.25, 0.3) is 0 Å². The predicted octanol–water partition coefficient (Wildman–Crippen LogP) is 2.53. The molecule has 41 heavy (non-hydrogen) atoms. The molecule has 2 N–H and O–H groups in total. The SMILES string of the molecule is CC1(CN(C[C@@]2(c3ccc(C(C)(O)C(F)(F)F)cc3)CN(S(=O)(=O)c3ccccc3S)CCN2)S(C)(=O)=O)COC1. The van der Waals surface area contributed by atoms with E-state index in [-0.39, 0.29) is 42.5 Å². The van der Waals surface area contributed by atoms with E-state index in [2.05, 4.69) is 17.9 Å². The number of alkyl halides is 3. The first-order valence-corrected chi connectivity index (χ1v) is 16.5. The van der Waals surface area contributed by atoms with Crippen molar-refractivity contribution >= 4 is 32.7 Å². The third-order valence-corrected chi connectivity index (χ3v) is 11.3. The molecular weight excluding hydrogens is 603 g/mol. The summed E-state index contributed by atoms with van der Waals surface area (Å²) in [7, 11) is -7.90. The van der Waals surface area contributed by atoms with Crippen molar-refractivity contribution in [3.05, 3.63) is 59.7 Å². The van der Waals surface area contributed by atoms with Crippen LogP contribution in [0.15, 0.2) is 58.3 Å². The van der Waals surface area contributed by atoms with Crippen LogP contribution < -0.4 is 5.32 Å². The van der Waals surface area contributed by atoms with Crippen LogP contribution in [0.5, 0.6) is 0 Å². The molecule has 1 unspecified atom stereocenters. The third-order valence-electron chi connectivity index (χ3n) is 7.68. The smallest absolute Gasteiger partial charge is 0.380 e. The third kappa shape index (κ3) is 6.47. The maximum absolute atomic E-state index is 13.7. The summed E-state index contributed by atoms with van der Waals surface area (Å²) in [6.07, 6.45) is -3.88. The highest BCUT2D eigenvalue weighted by Crippen LogP contribution is 2.40. The van der Waals surface area contributed by atoms with E-state index in [1.807, 2.05) is 6.92 Å². The molecule has 2 aromatic rings. The quantitative estimate of drug-likeness (QED) is 0.362. The highest BCUT2D eigenvalue weighted by Gasteiger charge is 2.52. The number of sulfonamides is 2. The van der Waals surface area contributed by atoms with Gasteiger partial charge in [-0.05, 0) is 30.2 Å². The Morgan fingerprint density at radius 1 is 1.07 bits per heavy atom. The van der Waals surface area contributed by atoms with E-state index in [0.29, 0.717) is 25.7 Å². The maximum Gasteiger partial charge on any atom is 0.421 e. The number of hydrogen-bond donors (Lipinski definition) is 3. The van der Waals surface area contributed by atoms with Gasteiger partial charge in [-0.3, -0.25) is 0 Å². The number of thiol groups is 1. The van der Waals surface area contributed by atoms with Crippen LogP contribution in [-0.4, -0.2) is 88.9 Å². The fourth-order valence-electron chi connectivity index (χ4n) is 5.10. The van der Waals surface area contributed by atoms with Gasteiger partial charge in [0, 0.05) is 43.0 Å². The summed E-state index contributed by atoms with van der Waals surface area (Å²) in [5.41, 5.74) is -4.97. The van der Waals surface area contributed by atoms with Crippen LogP contribution in [0.3, 0.4) is 0 Å². The summed E-state index contributed by atoms with van der Waals surface area (Å²) in [6, 6.07) is 11.2. The fraction of sp³-hybridized carbons (Fsp3) is 0.538. The summed E-state index contributed by atoms with van der Waals surface area (Å²) in [4.78, 5) is 0.223. The van der Waals surface area contributed by atoms with Crippen LogP contribution >= 0.6 is 12.6 Å². The van der Waals surface area contributed by atoms with E-state index in [1.165, 1.54) is 26.8 Å². The summed E-state index contributed by atoms with van der Waals surface area (Å²) < 4.78 is 102. The Labute approximate surface area is 244 Å². The lowest BCUT2D eigenvalue weighted by Gasteiger charge is -2.48.